The highest BCUT2D eigenvalue weighted by Crippen LogP contribution is 2.27. The monoisotopic (exact) mass is 397 g/mol. The zero-order valence-electron chi connectivity index (χ0n) is 14.0. The maximum atomic E-state index is 11.9. The first kappa shape index (κ1) is 18.8. The number of carboxylic acid groups (broad SMARTS) is 1. The maximum absolute atomic E-state index is 11.9. The van der Waals surface area contributed by atoms with E-state index in [1.165, 1.54) is 41.4 Å². The number of thiazole rings is 1. The lowest BCUT2D eigenvalue weighted by Gasteiger charge is -1.99. The number of hydrogen-bond donors (Lipinski definition) is 2. The number of carboxylic acids is 1. The van der Waals surface area contributed by atoms with Gasteiger partial charge in [-0.25, -0.2) is 15.2 Å². The number of aromatic carboxylic acids is 1. The summed E-state index contributed by atoms with van der Waals surface area (Å²) in [6, 6.07) is 16.1. The summed E-state index contributed by atoms with van der Waals surface area (Å²) >= 11 is 2.85. The molecule has 0 aliphatic carbocycles. The van der Waals surface area contributed by atoms with Gasteiger partial charge in [0.15, 0.2) is 4.34 Å². The van der Waals surface area contributed by atoms with Gasteiger partial charge in [-0.15, -0.1) is 11.3 Å². The van der Waals surface area contributed by atoms with Gasteiger partial charge in [-0.3, -0.25) is 4.79 Å². The summed E-state index contributed by atoms with van der Waals surface area (Å²) < 4.78 is 0.817. The zero-order chi connectivity index (χ0) is 19.1. The SMILES string of the molecule is O=C(CSc1nc(-c2ccccc2)cs1)N/N=C/c1ccc(C(=O)O)cc1. The van der Waals surface area contributed by atoms with Gasteiger partial charge in [0, 0.05) is 10.9 Å². The summed E-state index contributed by atoms with van der Waals surface area (Å²) in [5, 5.41) is 14.7. The van der Waals surface area contributed by atoms with E-state index >= 15 is 0 Å². The van der Waals surface area contributed by atoms with Gasteiger partial charge in [0.05, 0.1) is 23.2 Å². The summed E-state index contributed by atoms with van der Waals surface area (Å²) in [4.78, 5) is 27.2. The van der Waals surface area contributed by atoms with Gasteiger partial charge in [0.1, 0.15) is 0 Å². The highest BCUT2D eigenvalue weighted by atomic mass is 32.2. The van der Waals surface area contributed by atoms with Crippen molar-refractivity contribution in [3.05, 3.63) is 71.1 Å². The van der Waals surface area contributed by atoms with Crippen LogP contribution in [-0.2, 0) is 4.79 Å². The van der Waals surface area contributed by atoms with E-state index in [9.17, 15) is 9.59 Å². The molecule has 1 aromatic heterocycles. The first-order valence-electron chi connectivity index (χ1n) is 7.91. The second-order valence-corrected chi connectivity index (χ2v) is 7.45. The molecule has 0 spiro atoms. The van der Waals surface area contributed by atoms with Crippen molar-refractivity contribution < 1.29 is 14.7 Å². The van der Waals surface area contributed by atoms with Crippen molar-refractivity contribution >= 4 is 41.2 Å². The Morgan fingerprint density at radius 2 is 1.89 bits per heavy atom. The molecule has 0 bridgehead atoms. The van der Waals surface area contributed by atoms with Crippen molar-refractivity contribution in [2.45, 2.75) is 4.34 Å². The Hall–Kier alpha value is -2.97. The summed E-state index contributed by atoms with van der Waals surface area (Å²) in [6.07, 6.45) is 1.46. The average Bonchev–Trinajstić information content (AvgIpc) is 3.16. The van der Waals surface area contributed by atoms with Gasteiger partial charge in [0.25, 0.3) is 5.91 Å². The lowest BCUT2D eigenvalue weighted by atomic mass is 10.1. The molecule has 1 heterocycles. The Morgan fingerprint density at radius 1 is 1.15 bits per heavy atom. The number of rotatable bonds is 7. The number of amides is 1. The van der Waals surface area contributed by atoms with E-state index in [0.29, 0.717) is 5.56 Å². The van der Waals surface area contributed by atoms with Gasteiger partial charge in [-0.1, -0.05) is 54.2 Å². The van der Waals surface area contributed by atoms with Gasteiger partial charge in [-0.05, 0) is 17.7 Å². The minimum Gasteiger partial charge on any atom is -0.478 e. The van der Waals surface area contributed by atoms with Crippen LogP contribution in [0.5, 0.6) is 0 Å². The molecule has 8 heteroatoms. The van der Waals surface area contributed by atoms with Crippen LogP contribution in [-0.4, -0.2) is 33.9 Å². The van der Waals surface area contributed by atoms with E-state index < -0.39 is 5.97 Å². The van der Waals surface area contributed by atoms with E-state index in [1.54, 1.807) is 12.1 Å². The van der Waals surface area contributed by atoms with Crippen molar-refractivity contribution in [3.8, 4) is 11.3 Å². The second-order valence-electron chi connectivity index (χ2n) is 5.37. The van der Waals surface area contributed by atoms with Crippen LogP contribution in [0, 0.1) is 0 Å². The molecule has 0 fully saturated rings. The number of nitrogens with one attached hydrogen (secondary N) is 1. The predicted molar refractivity (Wildman–Crippen MR) is 107 cm³/mol. The number of aromatic nitrogens is 1. The summed E-state index contributed by atoms with van der Waals surface area (Å²) in [6.45, 7) is 0. The van der Waals surface area contributed by atoms with Gasteiger partial charge < -0.3 is 5.11 Å². The molecule has 6 nitrogen and oxygen atoms in total. The molecule has 0 saturated heterocycles. The summed E-state index contributed by atoms with van der Waals surface area (Å²) in [7, 11) is 0. The van der Waals surface area contributed by atoms with Gasteiger partial charge in [-0.2, -0.15) is 5.10 Å². The highest BCUT2D eigenvalue weighted by molar-refractivity contribution is 8.01. The smallest absolute Gasteiger partial charge is 0.335 e. The minimum atomic E-state index is -0.985. The molecule has 3 rings (SSSR count). The predicted octanol–water partition coefficient (Wildman–Crippen LogP) is 3.75. The molecule has 0 atom stereocenters. The molecule has 2 aromatic carbocycles. The van der Waals surface area contributed by atoms with Gasteiger partial charge >= 0.3 is 5.97 Å². The lowest BCUT2D eigenvalue weighted by Crippen LogP contribution is -2.19. The zero-order valence-corrected chi connectivity index (χ0v) is 15.7. The third kappa shape index (κ3) is 5.50. The molecule has 0 aliphatic rings. The molecular formula is C19H15N3O3S2. The van der Waals surface area contributed by atoms with E-state index in [4.69, 9.17) is 5.11 Å². The van der Waals surface area contributed by atoms with Crippen LogP contribution in [0.2, 0.25) is 0 Å². The topological polar surface area (TPSA) is 91.7 Å². The van der Waals surface area contributed by atoms with Crippen LogP contribution < -0.4 is 5.43 Å². The van der Waals surface area contributed by atoms with Crippen LogP contribution in [0.3, 0.4) is 0 Å². The first-order chi connectivity index (χ1) is 13.1. The molecule has 27 heavy (non-hydrogen) atoms. The Balaban J connectivity index is 1.47. The number of thioether (sulfide) groups is 1. The quantitative estimate of drug-likeness (QED) is 0.360. The molecule has 1 amide bonds. The molecule has 3 aromatic rings. The minimum absolute atomic E-state index is 0.200. The van der Waals surface area contributed by atoms with E-state index in [-0.39, 0.29) is 17.2 Å². The first-order valence-corrected chi connectivity index (χ1v) is 9.77. The second kappa shape index (κ2) is 9.11. The molecule has 0 radical (unpaired) electrons. The van der Waals surface area contributed by atoms with E-state index in [1.807, 2.05) is 35.7 Å². The van der Waals surface area contributed by atoms with Gasteiger partial charge in [0.2, 0.25) is 0 Å². The average molecular weight is 397 g/mol. The van der Waals surface area contributed by atoms with Crippen molar-refractivity contribution in [1.29, 1.82) is 0 Å². The number of nitrogens with zero attached hydrogens (tertiary/aromatic N) is 2. The Bertz CT molecular complexity index is 954. The molecule has 136 valence electrons. The van der Waals surface area contributed by atoms with Crippen LogP contribution >= 0.6 is 23.1 Å². The summed E-state index contributed by atoms with van der Waals surface area (Å²) in [5.41, 5.74) is 5.28. The Kier molecular flexibility index (Phi) is 6.35. The van der Waals surface area contributed by atoms with Crippen LogP contribution in [0.4, 0.5) is 0 Å². The fourth-order valence-corrected chi connectivity index (χ4v) is 3.74. The molecule has 0 aliphatic heterocycles. The summed E-state index contributed by atoms with van der Waals surface area (Å²) in [5.74, 6) is -1.02. The fraction of sp³-hybridized carbons (Fsp3) is 0.0526. The Morgan fingerprint density at radius 3 is 2.59 bits per heavy atom. The number of carbonyl (C=O) groups is 2. The third-order valence-corrected chi connectivity index (χ3v) is 5.46. The standard InChI is InChI=1S/C19H15N3O3S2/c23-17(22-20-10-13-6-8-15(9-7-13)18(24)25)12-27-19-21-16(11-26-19)14-4-2-1-3-5-14/h1-11H,12H2,(H,22,23)(H,24,25)/b20-10+. The van der Waals surface area contributed by atoms with Crippen LogP contribution in [0.1, 0.15) is 15.9 Å². The van der Waals surface area contributed by atoms with Crippen molar-refractivity contribution in [2.24, 2.45) is 5.10 Å². The molecule has 0 unspecified atom stereocenters. The molecule has 2 N–H and O–H groups in total. The largest absolute Gasteiger partial charge is 0.478 e. The number of hydrazone groups is 1. The number of carbonyl (C=O) groups excluding carboxylic acids is 1. The van der Waals surface area contributed by atoms with Crippen molar-refractivity contribution in [2.75, 3.05) is 5.75 Å². The van der Waals surface area contributed by atoms with Crippen molar-refractivity contribution in [1.82, 2.24) is 10.4 Å². The number of hydrogen-bond acceptors (Lipinski definition) is 6. The van der Waals surface area contributed by atoms with E-state index in [2.05, 4.69) is 15.5 Å². The van der Waals surface area contributed by atoms with Crippen molar-refractivity contribution in [3.63, 3.8) is 0 Å². The van der Waals surface area contributed by atoms with Crippen LogP contribution in [0.25, 0.3) is 11.3 Å². The number of benzene rings is 2. The normalized spacial score (nSPS) is 10.8. The Labute approximate surface area is 164 Å². The molecule has 0 saturated carbocycles. The van der Waals surface area contributed by atoms with Crippen LogP contribution in [0.15, 0.2) is 69.4 Å². The highest BCUT2D eigenvalue weighted by Gasteiger charge is 2.07. The fourth-order valence-electron chi connectivity index (χ4n) is 2.12. The maximum Gasteiger partial charge on any atom is 0.335 e. The lowest BCUT2D eigenvalue weighted by molar-refractivity contribution is -0.118. The molecular weight excluding hydrogens is 382 g/mol. The third-order valence-electron chi connectivity index (χ3n) is 3.44. The van der Waals surface area contributed by atoms with E-state index in [0.717, 1.165) is 15.6 Å².